The molecule has 1 aromatic rings. The molecule has 1 amide bonds. The van der Waals surface area contributed by atoms with Gasteiger partial charge >= 0.3 is 5.69 Å². The zero-order chi connectivity index (χ0) is 14.0. The van der Waals surface area contributed by atoms with Gasteiger partial charge in [-0.05, 0) is 42.6 Å². The molecule has 104 valence electrons. The highest BCUT2D eigenvalue weighted by molar-refractivity contribution is 9.10. The van der Waals surface area contributed by atoms with Crippen LogP contribution in [0.4, 0.5) is 0 Å². The monoisotopic (exact) mass is 327 g/mol. The van der Waals surface area contributed by atoms with Crippen molar-refractivity contribution in [1.29, 1.82) is 0 Å². The van der Waals surface area contributed by atoms with Gasteiger partial charge < -0.3 is 5.32 Å². The molecular formula is C13H18BrN3O2. The lowest BCUT2D eigenvalue weighted by Crippen LogP contribution is -2.39. The number of aryl methyl sites for hydroxylation is 1. The number of hydrogen-bond donors (Lipinski definition) is 1. The minimum absolute atomic E-state index is 0.0348. The minimum Gasteiger partial charge on any atom is -0.352 e. The molecule has 1 saturated carbocycles. The molecule has 2 rings (SSSR count). The molecule has 0 unspecified atom stereocenters. The summed E-state index contributed by atoms with van der Waals surface area (Å²) in [4.78, 5) is 27.7. The van der Waals surface area contributed by atoms with Gasteiger partial charge in [-0.25, -0.2) is 4.79 Å². The Kier molecular flexibility index (Phi) is 4.39. The maximum absolute atomic E-state index is 12.0. The first-order chi connectivity index (χ1) is 8.99. The largest absolute Gasteiger partial charge is 0.352 e. The van der Waals surface area contributed by atoms with Crippen LogP contribution in [0.3, 0.4) is 0 Å². The van der Waals surface area contributed by atoms with Crippen molar-refractivity contribution in [2.75, 3.05) is 0 Å². The van der Waals surface area contributed by atoms with Crippen LogP contribution in [0.25, 0.3) is 0 Å². The molecule has 0 aliphatic heterocycles. The molecule has 0 aromatic carbocycles. The molecule has 0 atom stereocenters. The number of rotatable bonds is 3. The molecule has 19 heavy (non-hydrogen) atoms. The minimum atomic E-state index is -0.375. The zero-order valence-electron chi connectivity index (χ0n) is 11.2. The van der Waals surface area contributed by atoms with Crippen molar-refractivity contribution in [2.45, 2.75) is 52.1 Å². The number of halogens is 1. The van der Waals surface area contributed by atoms with Gasteiger partial charge in [-0.2, -0.15) is 4.98 Å². The van der Waals surface area contributed by atoms with Crippen LogP contribution in [0.5, 0.6) is 0 Å². The van der Waals surface area contributed by atoms with Crippen LogP contribution in [-0.2, 0) is 11.3 Å². The van der Waals surface area contributed by atoms with Gasteiger partial charge in [0.25, 0.3) is 0 Å². The molecule has 1 N–H and O–H groups in total. The lowest BCUT2D eigenvalue weighted by molar-refractivity contribution is -0.122. The number of nitrogens with one attached hydrogen (secondary N) is 1. The number of hydrogen-bond acceptors (Lipinski definition) is 3. The summed E-state index contributed by atoms with van der Waals surface area (Å²) in [5, 5.41) is 2.97. The van der Waals surface area contributed by atoms with Crippen molar-refractivity contribution >= 4 is 21.8 Å². The highest BCUT2D eigenvalue weighted by atomic mass is 79.9. The van der Waals surface area contributed by atoms with Gasteiger partial charge in [0, 0.05) is 11.7 Å². The average molecular weight is 328 g/mol. The fourth-order valence-corrected chi connectivity index (χ4v) is 2.75. The molecule has 1 aromatic heterocycles. The van der Waals surface area contributed by atoms with Crippen LogP contribution in [-0.4, -0.2) is 21.5 Å². The van der Waals surface area contributed by atoms with Crippen molar-refractivity contribution in [3.8, 4) is 0 Å². The van der Waals surface area contributed by atoms with Crippen LogP contribution in [0.2, 0.25) is 0 Å². The second-order valence-corrected chi connectivity index (χ2v) is 5.81. The van der Waals surface area contributed by atoms with Gasteiger partial charge in [-0.1, -0.05) is 12.8 Å². The van der Waals surface area contributed by atoms with Gasteiger partial charge in [0.1, 0.15) is 6.54 Å². The first-order valence-corrected chi connectivity index (χ1v) is 7.31. The molecule has 6 heteroatoms. The number of aromatic nitrogens is 2. The van der Waals surface area contributed by atoms with Crippen LogP contribution in [0, 0.1) is 13.8 Å². The number of carbonyl (C=O) groups is 1. The van der Waals surface area contributed by atoms with Gasteiger partial charge in [-0.15, -0.1) is 0 Å². The maximum Gasteiger partial charge on any atom is 0.348 e. The third kappa shape index (κ3) is 3.23. The summed E-state index contributed by atoms with van der Waals surface area (Å²) in [6.07, 6.45) is 4.41. The predicted molar refractivity (Wildman–Crippen MR) is 76.1 cm³/mol. The first kappa shape index (κ1) is 14.2. The highest BCUT2D eigenvalue weighted by Gasteiger charge is 2.18. The number of carbonyl (C=O) groups excluding carboxylic acids is 1. The Morgan fingerprint density at radius 2 is 2.05 bits per heavy atom. The van der Waals surface area contributed by atoms with Gasteiger partial charge in [0.15, 0.2) is 0 Å². The number of nitrogens with zero attached hydrogens (tertiary/aromatic N) is 2. The van der Waals surface area contributed by atoms with Gasteiger partial charge in [0.05, 0.1) is 10.2 Å². The molecule has 0 radical (unpaired) electrons. The predicted octanol–water partition coefficient (Wildman–Crippen LogP) is 1.68. The van der Waals surface area contributed by atoms with Crippen molar-refractivity contribution in [3.63, 3.8) is 0 Å². The summed E-state index contributed by atoms with van der Waals surface area (Å²) in [7, 11) is 0. The standard InChI is InChI=1S/C13H18BrN3O2/c1-8-12(14)9(2)17(13(19)15-8)7-11(18)16-10-5-3-4-6-10/h10H,3-7H2,1-2H3,(H,16,18). The van der Waals surface area contributed by atoms with E-state index in [0.717, 1.165) is 23.0 Å². The van der Waals surface area contributed by atoms with Crippen molar-refractivity contribution in [2.24, 2.45) is 0 Å². The Labute approximate surface area is 120 Å². The highest BCUT2D eigenvalue weighted by Crippen LogP contribution is 2.18. The van der Waals surface area contributed by atoms with E-state index >= 15 is 0 Å². The van der Waals surface area contributed by atoms with E-state index in [4.69, 9.17) is 0 Å². The Morgan fingerprint density at radius 3 is 2.68 bits per heavy atom. The molecular weight excluding hydrogens is 310 g/mol. The maximum atomic E-state index is 12.0. The van der Waals surface area contributed by atoms with Crippen LogP contribution < -0.4 is 11.0 Å². The molecule has 5 nitrogen and oxygen atoms in total. The second-order valence-electron chi connectivity index (χ2n) is 5.01. The SMILES string of the molecule is Cc1nc(=O)n(CC(=O)NC2CCCC2)c(C)c1Br. The summed E-state index contributed by atoms with van der Waals surface area (Å²) >= 11 is 3.39. The normalized spacial score (nSPS) is 15.7. The lowest BCUT2D eigenvalue weighted by Gasteiger charge is -2.15. The molecule has 0 saturated heterocycles. The Bertz CT molecular complexity index is 548. The molecule has 0 spiro atoms. The topological polar surface area (TPSA) is 64.0 Å². The van der Waals surface area contributed by atoms with Crippen molar-refractivity contribution < 1.29 is 4.79 Å². The van der Waals surface area contributed by atoms with Crippen LogP contribution in [0.15, 0.2) is 9.27 Å². The fourth-order valence-electron chi connectivity index (χ4n) is 2.45. The fraction of sp³-hybridized carbons (Fsp3) is 0.615. The van der Waals surface area contributed by atoms with Gasteiger partial charge in [0.2, 0.25) is 5.91 Å². The van der Waals surface area contributed by atoms with Gasteiger partial charge in [-0.3, -0.25) is 9.36 Å². The van der Waals surface area contributed by atoms with E-state index in [1.807, 2.05) is 6.92 Å². The van der Waals surface area contributed by atoms with E-state index in [9.17, 15) is 9.59 Å². The third-order valence-electron chi connectivity index (χ3n) is 3.56. The molecule has 1 aliphatic rings. The summed E-state index contributed by atoms with van der Waals surface area (Å²) in [6.45, 7) is 3.61. The van der Waals surface area contributed by atoms with E-state index in [0.29, 0.717) is 5.69 Å². The third-order valence-corrected chi connectivity index (χ3v) is 4.70. The Balaban J connectivity index is 2.12. The Morgan fingerprint density at radius 1 is 1.42 bits per heavy atom. The lowest BCUT2D eigenvalue weighted by atomic mass is 10.2. The number of amides is 1. The van der Waals surface area contributed by atoms with E-state index in [-0.39, 0.29) is 24.2 Å². The first-order valence-electron chi connectivity index (χ1n) is 6.52. The van der Waals surface area contributed by atoms with E-state index in [2.05, 4.69) is 26.2 Å². The molecule has 1 aliphatic carbocycles. The quantitative estimate of drug-likeness (QED) is 0.918. The van der Waals surface area contributed by atoms with Crippen molar-refractivity contribution in [1.82, 2.24) is 14.9 Å². The summed E-state index contributed by atoms with van der Waals surface area (Å²) in [5.41, 5.74) is 1.01. The molecule has 1 heterocycles. The summed E-state index contributed by atoms with van der Waals surface area (Å²) < 4.78 is 2.18. The van der Waals surface area contributed by atoms with Crippen LogP contribution >= 0.6 is 15.9 Å². The molecule has 0 bridgehead atoms. The van der Waals surface area contributed by atoms with E-state index in [1.54, 1.807) is 6.92 Å². The Hall–Kier alpha value is -1.17. The van der Waals surface area contributed by atoms with E-state index in [1.165, 1.54) is 17.4 Å². The average Bonchev–Trinajstić information content (AvgIpc) is 2.85. The van der Waals surface area contributed by atoms with Crippen LogP contribution in [0.1, 0.15) is 37.1 Å². The smallest absolute Gasteiger partial charge is 0.348 e. The zero-order valence-corrected chi connectivity index (χ0v) is 12.8. The van der Waals surface area contributed by atoms with E-state index < -0.39 is 0 Å². The summed E-state index contributed by atoms with van der Waals surface area (Å²) in [6, 6.07) is 0.269. The molecule has 1 fully saturated rings. The summed E-state index contributed by atoms with van der Waals surface area (Å²) in [5.74, 6) is -0.116. The second kappa shape index (κ2) is 5.86. The van der Waals surface area contributed by atoms with Crippen molar-refractivity contribution in [3.05, 3.63) is 26.3 Å².